The van der Waals surface area contributed by atoms with Crippen molar-refractivity contribution in [2.24, 2.45) is 0 Å². The predicted octanol–water partition coefficient (Wildman–Crippen LogP) is 4.32. The molecule has 0 aliphatic heterocycles. The van der Waals surface area contributed by atoms with Crippen LogP contribution in [0.4, 0.5) is 5.69 Å². The highest BCUT2D eigenvalue weighted by Gasteiger charge is 2.11. The van der Waals surface area contributed by atoms with E-state index >= 15 is 0 Å². The highest BCUT2D eigenvalue weighted by molar-refractivity contribution is 5.96. The summed E-state index contributed by atoms with van der Waals surface area (Å²) in [5.41, 5.74) is 11.5. The lowest BCUT2D eigenvalue weighted by Crippen LogP contribution is -2.09. The van der Waals surface area contributed by atoms with E-state index in [1.807, 2.05) is 56.3 Å². The molecule has 5 nitrogen and oxygen atoms in total. The molecule has 152 valence electrons. The number of benzene rings is 1. The molecule has 0 spiro atoms. The Bertz CT molecular complexity index is 1070. The molecular weight excluding hydrogens is 374 g/mol. The highest BCUT2D eigenvalue weighted by Crippen LogP contribution is 2.16. The summed E-state index contributed by atoms with van der Waals surface area (Å²) in [5, 5.41) is 0. The standard InChI is InChI=1S/C25H25N3O2/c1-17-6-10-21(23(26)12-17)14-25(30)24-11-9-20(16-28-24)13-22(29)5-3-4-19-8-7-18(2)27-15-19/h3-4,6-12,15-16H,5,13-14,26H2,1-2H3/b4-3+. The van der Waals surface area contributed by atoms with Gasteiger partial charge in [0.15, 0.2) is 5.78 Å². The van der Waals surface area contributed by atoms with Gasteiger partial charge in [-0.05, 0) is 54.3 Å². The molecule has 2 aromatic heterocycles. The number of anilines is 1. The third-order valence-corrected chi connectivity index (χ3v) is 4.75. The van der Waals surface area contributed by atoms with Gasteiger partial charge in [0, 0.05) is 43.0 Å². The second-order valence-electron chi connectivity index (χ2n) is 7.41. The van der Waals surface area contributed by atoms with Crippen molar-refractivity contribution in [3.8, 4) is 0 Å². The fraction of sp³-hybridized carbons (Fsp3) is 0.200. The van der Waals surface area contributed by atoms with E-state index in [0.717, 1.165) is 27.9 Å². The van der Waals surface area contributed by atoms with Crippen molar-refractivity contribution in [2.75, 3.05) is 5.73 Å². The molecular formula is C25H25N3O2. The number of Topliss-reactive ketones (excluding diaryl/α,β-unsaturated/α-hetero) is 2. The molecule has 0 atom stereocenters. The lowest BCUT2D eigenvalue weighted by atomic mass is 10.0. The van der Waals surface area contributed by atoms with Crippen LogP contribution in [0.15, 0.2) is 60.9 Å². The molecule has 0 unspecified atom stereocenters. The van der Waals surface area contributed by atoms with E-state index in [2.05, 4.69) is 9.97 Å². The second kappa shape index (κ2) is 9.74. The summed E-state index contributed by atoms with van der Waals surface area (Å²) in [6.45, 7) is 3.89. The van der Waals surface area contributed by atoms with Crippen LogP contribution in [-0.4, -0.2) is 21.5 Å². The van der Waals surface area contributed by atoms with Crippen LogP contribution in [0, 0.1) is 13.8 Å². The summed E-state index contributed by atoms with van der Waals surface area (Å²) in [6.07, 6.45) is 7.92. The van der Waals surface area contributed by atoms with Crippen LogP contribution in [0.5, 0.6) is 0 Å². The van der Waals surface area contributed by atoms with Gasteiger partial charge in [0.2, 0.25) is 0 Å². The zero-order chi connectivity index (χ0) is 21.5. The Morgan fingerprint density at radius 2 is 1.80 bits per heavy atom. The number of carbonyl (C=O) groups excluding carboxylic acids is 2. The fourth-order valence-electron chi connectivity index (χ4n) is 3.04. The number of aryl methyl sites for hydroxylation is 2. The van der Waals surface area contributed by atoms with Crippen molar-refractivity contribution in [3.63, 3.8) is 0 Å². The first-order chi connectivity index (χ1) is 14.4. The van der Waals surface area contributed by atoms with Crippen LogP contribution in [0.3, 0.4) is 0 Å². The Balaban J connectivity index is 1.53. The molecule has 30 heavy (non-hydrogen) atoms. The Kier molecular flexibility index (Phi) is 6.86. The SMILES string of the molecule is Cc1ccc(CC(=O)c2ccc(CC(=O)C/C=C/c3ccc(C)nc3)cn2)c(N)c1. The zero-order valence-corrected chi connectivity index (χ0v) is 17.3. The van der Waals surface area contributed by atoms with E-state index in [-0.39, 0.29) is 24.4 Å². The summed E-state index contributed by atoms with van der Waals surface area (Å²) in [4.78, 5) is 33.2. The summed E-state index contributed by atoms with van der Waals surface area (Å²) >= 11 is 0. The number of hydrogen-bond acceptors (Lipinski definition) is 5. The fourth-order valence-corrected chi connectivity index (χ4v) is 3.04. The van der Waals surface area contributed by atoms with Crippen molar-refractivity contribution >= 4 is 23.3 Å². The largest absolute Gasteiger partial charge is 0.398 e. The normalized spacial score (nSPS) is 11.0. The average Bonchev–Trinajstić information content (AvgIpc) is 2.72. The van der Waals surface area contributed by atoms with E-state index in [9.17, 15) is 9.59 Å². The van der Waals surface area contributed by atoms with Crippen molar-refractivity contribution in [1.29, 1.82) is 0 Å². The van der Waals surface area contributed by atoms with Gasteiger partial charge in [0.1, 0.15) is 11.5 Å². The minimum Gasteiger partial charge on any atom is -0.398 e. The van der Waals surface area contributed by atoms with Gasteiger partial charge < -0.3 is 5.73 Å². The average molecular weight is 399 g/mol. The molecule has 0 aliphatic rings. The van der Waals surface area contributed by atoms with Crippen molar-refractivity contribution in [2.45, 2.75) is 33.1 Å². The van der Waals surface area contributed by atoms with Gasteiger partial charge in [-0.3, -0.25) is 19.6 Å². The number of hydrogen-bond donors (Lipinski definition) is 1. The van der Waals surface area contributed by atoms with Crippen molar-refractivity contribution in [3.05, 3.63) is 94.6 Å². The van der Waals surface area contributed by atoms with Crippen molar-refractivity contribution in [1.82, 2.24) is 9.97 Å². The van der Waals surface area contributed by atoms with E-state index in [0.29, 0.717) is 17.8 Å². The molecule has 0 amide bonds. The smallest absolute Gasteiger partial charge is 0.185 e. The number of ketones is 2. The van der Waals surface area contributed by atoms with E-state index < -0.39 is 0 Å². The first-order valence-electron chi connectivity index (χ1n) is 9.85. The molecule has 0 saturated heterocycles. The molecule has 2 N–H and O–H groups in total. The molecule has 1 aromatic carbocycles. The van der Waals surface area contributed by atoms with E-state index in [4.69, 9.17) is 5.73 Å². The summed E-state index contributed by atoms with van der Waals surface area (Å²) in [7, 11) is 0. The molecule has 3 rings (SSSR count). The number of rotatable bonds is 8. The Labute approximate surface area is 176 Å². The Hall–Kier alpha value is -3.60. The summed E-state index contributed by atoms with van der Waals surface area (Å²) in [5.74, 6) is -0.0160. The quantitative estimate of drug-likeness (QED) is 0.450. The van der Waals surface area contributed by atoms with Gasteiger partial charge in [0.05, 0.1) is 0 Å². The number of aromatic nitrogens is 2. The monoisotopic (exact) mass is 399 g/mol. The minimum atomic E-state index is -0.0990. The van der Waals surface area contributed by atoms with Gasteiger partial charge in [-0.2, -0.15) is 0 Å². The van der Waals surface area contributed by atoms with Gasteiger partial charge in [-0.15, -0.1) is 0 Å². The van der Waals surface area contributed by atoms with Crippen LogP contribution in [-0.2, 0) is 17.6 Å². The molecule has 0 bridgehead atoms. The van der Waals surface area contributed by atoms with Gasteiger partial charge >= 0.3 is 0 Å². The third-order valence-electron chi connectivity index (χ3n) is 4.75. The molecule has 2 heterocycles. The van der Waals surface area contributed by atoms with Gasteiger partial charge in [0.25, 0.3) is 0 Å². The van der Waals surface area contributed by atoms with Gasteiger partial charge in [-0.1, -0.05) is 36.4 Å². The molecule has 5 heteroatoms. The van der Waals surface area contributed by atoms with Crippen molar-refractivity contribution < 1.29 is 9.59 Å². The molecule has 3 aromatic rings. The minimum absolute atomic E-state index is 0.0830. The number of pyridine rings is 2. The third kappa shape index (κ3) is 5.95. The van der Waals surface area contributed by atoms with Crippen LogP contribution in [0.25, 0.3) is 6.08 Å². The topological polar surface area (TPSA) is 85.9 Å². The van der Waals surface area contributed by atoms with E-state index in [1.165, 1.54) is 0 Å². The number of nitrogen functional groups attached to an aromatic ring is 1. The predicted molar refractivity (Wildman–Crippen MR) is 119 cm³/mol. The summed E-state index contributed by atoms with van der Waals surface area (Å²) in [6, 6.07) is 13.0. The van der Waals surface area contributed by atoms with Crippen LogP contribution >= 0.6 is 0 Å². The maximum absolute atomic E-state index is 12.5. The number of nitrogens with zero attached hydrogens (tertiary/aromatic N) is 2. The first-order valence-corrected chi connectivity index (χ1v) is 9.85. The first kappa shape index (κ1) is 21.1. The Morgan fingerprint density at radius 1 is 0.967 bits per heavy atom. The lowest BCUT2D eigenvalue weighted by Gasteiger charge is -2.06. The molecule has 0 saturated carbocycles. The van der Waals surface area contributed by atoms with Crippen LogP contribution in [0.1, 0.15) is 44.9 Å². The van der Waals surface area contributed by atoms with Crippen LogP contribution in [0.2, 0.25) is 0 Å². The molecule has 0 fully saturated rings. The molecule has 0 radical (unpaired) electrons. The zero-order valence-electron chi connectivity index (χ0n) is 17.3. The number of carbonyl (C=O) groups is 2. The lowest BCUT2D eigenvalue weighted by molar-refractivity contribution is -0.117. The Morgan fingerprint density at radius 3 is 2.47 bits per heavy atom. The van der Waals surface area contributed by atoms with Crippen LogP contribution < -0.4 is 5.73 Å². The van der Waals surface area contributed by atoms with E-state index in [1.54, 1.807) is 24.5 Å². The number of allylic oxidation sites excluding steroid dienone is 1. The summed E-state index contributed by atoms with van der Waals surface area (Å²) < 4.78 is 0. The highest BCUT2D eigenvalue weighted by atomic mass is 16.1. The maximum Gasteiger partial charge on any atom is 0.185 e. The maximum atomic E-state index is 12.5. The second-order valence-corrected chi connectivity index (χ2v) is 7.41. The number of nitrogens with two attached hydrogens (primary N) is 1. The van der Waals surface area contributed by atoms with Gasteiger partial charge in [-0.25, -0.2) is 0 Å². The molecule has 0 aliphatic carbocycles.